The highest BCUT2D eigenvalue weighted by Gasteiger charge is 2.24. The predicted molar refractivity (Wildman–Crippen MR) is 89.8 cm³/mol. The molecular formula is C15H17Cl2N5O2. The molecule has 2 heterocycles. The van der Waals surface area contributed by atoms with Gasteiger partial charge in [0.15, 0.2) is 5.82 Å². The number of benzene rings is 1. The van der Waals surface area contributed by atoms with Gasteiger partial charge in [-0.1, -0.05) is 28.4 Å². The summed E-state index contributed by atoms with van der Waals surface area (Å²) in [6.07, 6.45) is 0. The zero-order chi connectivity index (χ0) is 17.1. The molecule has 0 aliphatic carbocycles. The minimum atomic E-state index is -0.0821. The van der Waals surface area contributed by atoms with Crippen LogP contribution >= 0.6 is 23.2 Å². The Morgan fingerprint density at radius 2 is 2.00 bits per heavy atom. The number of amides is 1. The van der Waals surface area contributed by atoms with E-state index in [9.17, 15) is 4.79 Å². The van der Waals surface area contributed by atoms with Crippen LogP contribution in [-0.4, -0.2) is 52.0 Å². The molecule has 1 aliphatic heterocycles. The van der Waals surface area contributed by atoms with E-state index in [0.29, 0.717) is 47.0 Å². The van der Waals surface area contributed by atoms with Gasteiger partial charge in [-0.15, -0.1) is 0 Å². The first-order valence-electron chi connectivity index (χ1n) is 7.55. The molecule has 0 radical (unpaired) electrons. The smallest absolute Gasteiger partial charge is 0.255 e. The number of nitrogens with two attached hydrogens (primary N) is 1. The lowest BCUT2D eigenvalue weighted by Crippen LogP contribution is -2.48. The molecule has 1 aliphatic rings. The maximum Gasteiger partial charge on any atom is 0.255 e. The number of halogens is 2. The molecule has 0 unspecified atom stereocenters. The third-order valence-electron chi connectivity index (χ3n) is 3.87. The molecule has 24 heavy (non-hydrogen) atoms. The van der Waals surface area contributed by atoms with Crippen molar-refractivity contribution >= 4 is 29.1 Å². The second-order valence-electron chi connectivity index (χ2n) is 5.50. The highest BCUT2D eigenvalue weighted by Crippen LogP contribution is 2.23. The van der Waals surface area contributed by atoms with Crippen molar-refractivity contribution in [1.82, 2.24) is 19.9 Å². The summed E-state index contributed by atoms with van der Waals surface area (Å²) in [6, 6.07) is 4.91. The summed E-state index contributed by atoms with van der Waals surface area (Å²) in [7, 11) is 0. The first-order valence-corrected chi connectivity index (χ1v) is 8.30. The van der Waals surface area contributed by atoms with E-state index in [-0.39, 0.29) is 12.5 Å². The summed E-state index contributed by atoms with van der Waals surface area (Å²) in [5.41, 5.74) is 5.92. The minimum absolute atomic E-state index is 0.0821. The standard InChI is InChI=1S/C15H17Cl2N5O2/c16-10-1-2-11(12(17)7-10)15(23)22-5-3-21(4-6-22)9-13-19-14(8-18)24-20-13/h1-2,7H,3-6,8-9,18H2. The molecular weight excluding hydrogens is 353 g/mol. The van der Waals surface area contributed by atoms with Gasteiger partial charge in [0.2, 0.25) is 5.89 Å². The van der Waals surface area contributed by atoms with Crippen molar-refractivity contribution in [2.24, 2.45) is 5.73 Å². The summed E-state index contributed by atoms with van der Waals surface area (Å²) in [4.78, 5) is 20.7. The van der Waals surface area contributed by atoms with Crippen LogP contribution in [0, 0.1) is 0 Å². The van der Waals surface area contributed by atoms with E-state index in [1.54, 1.807) is 23.1 Å². The molecule has 2 aromatic rings. The first kappa shape index (κ1) is 17.2. The summed E-state index contributed by atoms with van der Waals surface area (Å²) < 4.78 is 4.99. The molecule has 1 saturated heterocycles. The summed E-state index contributed by atoms with van der Waals surface area (Å²) in [5, 5.41) is 4.77. The van der Waals surface area contributed by atoms with Crippen molar-refractivity contribution in [3.63, 3.8) is 0 Å². The number of hydrogen-bond acceptors (Lipinski definition) is 6. The average Bonchev–Trinajstić information content (AvgIpc) is 3.03. The van der Waals surface area contributed by atoms with Crippen LogP contribution < -0.4 is 5.73 Å². The van der Waals surface area contributed by atoms with Crippen molar-refractivity contribution in [3.05, 3.63) is 45.5 Å². The Hall–Kier alpha value is -1.67. The Morgan fingerprint density at radius 3 is 2.62 bits per heavy atom. The number of piperazine rings is 1. The zero-order valence-electron chi connectivity index (χ0n) is 12.9. The fourth-order valence-corrected chi connectivity index (χ4v) is 3.07. The quantitative estimate of drug-likeness (QED) is 0.883. The predicted octanol–water partition coefficient (Wildman–Crippen LogP) is 1.79. The Bertz CT molecular complexity index is 728. The van der Waals surface area contributed by atoms with E-state index in [2.05, 4.69) is 15.0 Å². The second kappa shape index (κ2) is 7.48. The summed E-state index contributed by atoms with van der Waals surface area (Å²) in [6.45, 7) is 3.48. The fourth-order valence-electron chi connectivity index (χ4n) is 2.58. The number of rotatable bonds is 4. The van der Waals surface area contributed by atoms with E-state index >= 15 is 0 Å². The first-order chi connectivity index (χ1) is 11.6. The molecule has 9 heteroatoms. The molecule has 1 amide bonds. The van der Waals surface area contributed by atoms with Gasteiger partial charge in [-0.3, -0.25) is 9.69 Å². The lowest BCUT2D eigenvalue weighted by Gasteiger charge is -2.34. The average molecular weight is 370 g/mol. The van der Waals surface area contributed by atoms with Crippen molar-refractivity contribution in [1.29, 1.82) is 0 Å². The molecule has 0 atom stereocenters. The molecule has 7 nitrogen and oxygen atoms in total. The van der Waals surface area contributed by atoms with Crippen molar-refractivity contribution in [2.75, 3.05) is 26.2 Å². The fraction of sp³-hybridized carbons (Fsp3) is 0.400. The number of aromatic nitrogens is 2. The largest absolute Gasteiger partial charge is 0.338 e. The van der Waals surface area contributed by atoms with Crippen LogP contribution in [0.15, 0.2) is 22.7 Å². The molecule has 2 N–H and O–H groups in total. The maximum absolute atomic E-state index is 12.6. The van der Waals surface area contributed by atoms with Crippen LogP contribution in [0.5, 0.6) is 0 Å². The van der Waals surface area contributed by atoms with Gasteiger partial charge in [0.25, 0.3) is 5.91 Å². The van der Waals surface area contributed by atoms with Gasteiger partial charge in [-0.25, -0.2) is 0 Å². The number of nitrogens with zero attached hydrogens (tertiary/aromatic N) is 4. The second-order valence-corrected chi connectivity index (χ2v) is 6.34. The van der Waals surface area contributed by atoms with Crippen molar-refractivity contribution in [3.8, 4) is 0 Å². The normalized spacial score (nSPS) is 15.7. The Labute approximate surface area is 149 Å². The summed E-state index contributed by atoms with van der Waals surface area (Å²) >= 11 is 12.0. The van der Waals surface area contributed by atoms with Gasteiger partial charge >= 0.3 is 0 Å². The van der Waals surface area contributed by atoms with E-state index in [0.717, 1.165) is 13.1 Å². The molecule has 1 aromatic heterocycles. The maximum atomic E-state index is 12.6. The monoisotopic (exact) mass is 369 g/mol. The van der Waals surface area contributed by atoms with Crippen LogP contribution in [0.1, 0.15) is 22.1 Å². The van der Waals surface area contributed by atoms with E-state index < -0.39 is 0 Å². The van der Waals surface area contributed by atoms with E-state index in [4.69, 9.17) is 33.5 Å². The topological polar surface area (TPSA) is 88.5 Å². The van der Waals surface area contributed by atoms with Crippen LogP contribution in [0.2, 0.25) is 10.0 Å². The highest BCUT2D eigenvalue weighted by molar-refractivity contribution is 6.36. The van der Waals surface area contributed by atoms with Crippen LogP contribution in [0.4, 0.5) is 0 Å². The highest BCUT2D eigenvalue weighted by atomic mass is 35.5. The third kappa shape index (κ3) is 3.87. The van der Waals surface area contributed by atoms with Crippen LogP contribution in [0.25, 0.3) is 0 Å². The molecule has 1 aromatic carbocycles. The van der Waals surface area contributed by atoms with Crippen LogP contribution in [0.3, 0.4) is 0 Å². The number of carbonyl (C=O) groups excluding carboxylic acids is 1. The van der Waals surface area contributed by atoms with Gasteiger partial charge in [0.05, 0.1) is 23.7 Å². The Balaban J connectivity index is 1.57. The molecule has 3 rings (SSSR count). The van der Waals surface area contributed by atoms with Gasteiger partial charge in [-0.05, 0) is 18.2 Å². The SMILES string of the molecule is NCc1nc(CN2CCN(C(=O)c3ccc(Cl)cc3Cl)CC2)no1. The Morgan fingerprint density at radius 1 is 1.25 bits per heavy atom. The van der Waals surface area contributed by atoms with Gasteiger partial charge in [0, 0.05) is 31.2 Å². The van der Waals surface area contributed by atoms with Crippen molar-refractivity contribution in [2.45, 2.75) is 13.1 Å². The molecule has 0 saturated carbocycles. The van der Waals surface area contributed by atoms with Gasteiger partial charge in [-0.2, -0.15) is 4.98 Å². The van der Waals surface area contributed by atoms with Gasteiger partial charge < -0.3 is 15.2 Å². The molecule has 0 spiro atoms. The zero-order valence-corrected chi connectivity index (χ0v) is 14.4. The van der Waals surface area contributed by atoms with E-state index in [1.807, 2.05) is 0 Å². The molecule has 1 fully saturated rings. The van der Waals surface area contributed by atoms with Crippen LogP contribution in [-0.2, 0) is 13.1 Å². The Kier molecular flexibility index (Phi) is 5.35. The molecule has 0 bridgehead atoms. The molecule has 128 valence electrons. The lowest BCUT2D eigenvalue weighted by atomic mass is 10.2. The number of carbonyl (C=O) groups is 1. The van der Waals surface area contributed by atoms with E-state index in [1.165, 1.54) is 0 Å². The van der Waals surface area contributed by atoms with Gasteiger partial charge in [0.1, 0.15) is 0 Å². The minimum Gasteiger partial charge on any atom is -0.338 e. The number of hydrogen-bond donors (Lipinski definition) is 1. The third-order valence-corrected chi connectivity index (χ3v) is 4.42. The lowest BCUT2D eigenvalue weighted by molar-refractivity contribution is 0.0624. The van der Waals surface area contributed by atoms with Crippen molar-refractivity contribution < 1.29 is 9.32 Å². The summed E-state index contributed by atoms with van der Waals surface area (Å²) in [5.74, 6) is 0.952.